The normalized spacial score (nSPS) is 41.0. The molecule has 0 unspecified atom stereocenters. The number of carbonyl (C=O) groups excluding carboxylic acids is 2. The summed E-state index contributed by atoms with van der Waals surface area (Å²) >= 11 is 0. The molecule has 0 aromatic carbocycles. The summed E-state index contributed by atoms with van der Waals surface area (Å²) in [6, 6.07) is 0.280. The van der Waals surface area contributed by atoms with Crippen molar-refractivity contribution in [2.75, 3.05) is 0 Å². The van der Waals surface area contributed by atoms with Crippen LogP contribution < -0.4 is 10.6 Å². The maximum Gasteiger partial charge on any atom is 0.300 e. The first-order valence-corrected chi connectivity index (χ1v) is 11.8. The Morgan fingerprint density at radius 1 is 1.10 bits per heavy atom. The van der Waals surface area contributed by atoms with E-state index in [2.05, 4.69) is 51.3 Å². The Morgan fingerprint density at radius 3 is 2.35 bits per heavy atom. The van der Waals surface area contributed by atoms with E-state index < -0.39 is 5.97 Å². The van der Waals surface area contributed by atoms with Gasteiger partial charge in [-0.25, -0.2) is 0 Å². The van der Waals surface area contributed by atoms with Crippen molar-refractivity contribution in [2.45, 2.75) is 91.6 Å². The highest BCUT2D eigenvalue weighted by Crippen LogP contribution is 2.65. The number of carboxylic acid groups (broad SMARTS) is 1. The predicted molar refractivity (Wildman–Crippen MR) is 120 cm³/mol. The summed E-state index contributed by atoms with van der Waals surface area (Å²) in [4.78, 5) is 33.9. The number of carboxylic acids is 1. The molecule has 0 aromatic heterocycles. The molecule has 4 aliphatic rings. The fourth-order valence-corrected chi connectivity index (χ4v) is 7.22. The van der Waals surface area contributed by atoms with Crippen molar-refractivity contribution in [3.05, 3.63) is 12.2 Å². The van der Waals surface area contributed by atoms with Crippen molar-refractivity contribution in [2.24, 2.45) is 34.5 Å². The lowest BCUT2D eigenvalue weighted by Crippen LogP contribution is -2.59. The summed E-state index contributed by atoms with van der Waals surface area (Å²) in [6.45, 7) is 12.0. The second-order valence-corrected chi connectivity index (χ2v) is 11.6. The van der Waals surface area contributed by atoms with Crippen LogP contribution in [-0.4, -0.2) is 34.5 Å². The molecule has 0 radical (unpaired) electrons. The lowest BCUT2D eigenvalue weighted by atomic mass is 9.48. The molecule has 4 rings (SSSR count). The topological polar surface area (TPSA) is 95.5 Å². The maximum atomic E-state index is 13.0. The van der Waals surface area contributed by atoms with E-state index in [0.717, 1.165) is 26.2 Å². The first kappa shape index (κ1) is 23.8. The lowest BCUT2D eigenvalue weighted by molar-refractivity contribution is -0.135. The minimum atomic E-state index is -0.833. The third kappa shape index (κ3) is 4.54. The summed E-state index contributed by atoms with van der Waals surface area (Å²) in [5.74, 6) is 1.57. The third-order valence-corrected chi connectivity index (χ3v) is 8.50. The van der Waals surface area contributed by atoms with Crippen molar-refractivity contribution in [1.29, 1.82) is 0 Å². The van der Waals surface area contributed by atoms with Gasteiger partial charge < -0.3 is 15.7 Å². The minimum Gasteiger partial charge on any atom is -0.481 e. The molecule has 6 nitrogen and oxygen atoms in total. The highest BCUT2D eigenvalue weighted by atomic mass is 16.4. The molecular formula is C25H40N2O4. The van der Waals surface area contributed by atoms with E-state index in [-0.39, 0.29) is 40.1 Å². The van der Waals surface area contributed by atoms with Gasteiger partial charge in [-0.3, -0.25) is 14.4 Å². The Balaban J connectivity index is 0.000000628. The van der Waals surface area contributed by atoms with Gasteiger partial charge in [-0.05, 0) is 88.5 Å². The molecule has 7 atom stereocenters. The number of hydrogen-bond acceptors (Lipinski definition) is 3. The molecule has 1 heterocycles. The minimum absolute atomic E-state index is 0.0661. The maximum absolute atomic E-state index is 13.0. The van der Waals surface area contributed by atoms with E-state index >= 15 is 0 Å². The van der Waals surface area contributed by atoms with Gasteiger partial charge in [0.05, 0.1) is 0 Å². The summed E-state index contributed by atoms with van der Waals surface area (Å²) in [5.41, 5.74) is 0.0323. The largest absolute Gasteiger partial charge is 0.481 e. The van der Waals surface area contributed by atoms with Crippen LogP contribution in [0, 0.1) is 34.5 Å². The van der Waals surface area contributed by atoms with Crippen LogP contribution in [-0.2, 0) is 14.4 Å². The quantitative estimate of drug-likeness (QED) is 0.585. The fraction of sp³-hybridized carbons (Fsp3) is 0.800. The van der Waals surface area contributed by atoms with Crippen molar-refractivity contribution < 1.29 is 19.5 Å². The predicted octanol–water partition coefficient (Wildman–Crippen LogP) is 3.91. The van der Waals surface area contributed by atoms with Crippen LogP contribution >= 0.6 is 0 Å². The zero-order valence-electron chi connectivity index (χ0n) is 20.0. The number of fused-ring (bicyclic) bond motifs is 5. The van der Waals surface area contributed by atoms with Crippen LogP contribution in [0.4, 0.5) is 0 Å². The Hall–Kier alpha value is -1.85. The van der Waals surface area contributed by atoms with Crippen LogP contribution in [0.2, 0.25) is 0 Å². The lowest BCUT2D eigenvalue weighted by Gasteiger charge is -2.58. The van der Waals surface area contributed by atoms with E-state index in [1.54, 1.807) is 6.08 Å². The number of rotatable bonds is 1. The second-order valence-electron chi connectivity index (χ2n) is 11.6. The Kier molecular flexibility index (Phi) is 6.34. The molecule has 174 valence electrons. The van der Waals surface area contributed by atoms with E-state index in [9.17, 15) is 9.59 Å². The monoisotopic (exact) mass is 432 g/mol. The first-order chi connectivity index (χ1) is 14.3. The van der Waals surface area contributed by atoms with Crippen molar-refractivity contribution in [3.8, 4) is 0 Å². The molecule has 6 heteroatoms. The summed E-state index contributed by atoms with van der Waals surface area (Å²) in [6.07, 6.45) is 10.7. The van der Waals surface area contributed by atoms with Gasteiger partial charge in [0.15, 0.2) is 0 Å². The van der Waals surface area contributed by atoms with Gasteiger partial charge in [0.1, 0.15) is 0 Å². The van der Waals surface area contributed by atoms with E-state index in [1.807, 2.05) is 0 Å². The summed E-state index contributed by atoms with van der Waals surface area (Å²) in [7, 11) is 0. The molecule has 0 aromatic rings. The average molecular weight is 433 g/mol. The fourth-order valence-electron chi connectivity index (χ4n) is 7.22. The smallest absolute Gasteiger partial charge is 0.300 e. The van der Waals surface area contributed by atoms with Crippen molar-refractivity contribution >= 4 is 17.8 Å². The van der Waals surface area contributed by atoms with E-state index in [4.69, 9.17) is 9.90 Å². The van der Waals surface area contributed by atoms with Gasteiger partial charge in [-0.2, -0.15) is 0 Å². The van der Waals surface area contributed by atoms with Crippen LogP contribution in [0.15, 0.2) is 12.2 Å². The molecule has 3 aliphatic carbocycles. The van der Waals surface area contributed by atoms with Gasteiger partial charge in [0, 0.05) is 29.8 Å². The number of amides is 2. The summed E-state index contributed by atoms with van der Waals surface area (Å²) in [5, 5.41) is 13.9. The number of aliphatic carboxylic acids is 1. The molecule has 0 spiro atoms. The molecule has 31 heavy (non-hydrogen) atoms. The van der Waals surface area contributed by atoms with Gasteiger partial charge in [0.2, 0.25) is 11.8 Å². The highest BCUT2D eigenvalue weighted by Gasteiger charge is 2.60. The first-order valence-electron chi connectivity index (χ1n) is 11.8. The number of carbonyl (C=O) groups is 3. The molecule has 3 N–H and O–H groups in total. The number of nitrogens with one attached hydrogen (secondary N) is 2. The standard InChI is InChI=1S/C23H36N2O2.C2H4O2/c1-21(2,3)25-20(27)17-8-7-15-14-6-9-18-23(5,13-11-19(26)24-18)16(14)10-12-22(15,17)4;1-2(3)4/h11,13-18H,6-10,12H2,1-5H3,(H,24,26)(H,25,27);1H3,(H,3,4)/t14-,15-,16-,17+,18+,22-,23+;/m0./s1. The van der Waals surface area contributed by atoms with Crippen LogP contribution in [0.3, 0.4) is 0 Å². The molecule has 1 aliphatic heterocycles. The Bertz CT molecular complexity index is 766. The van der Waals surface area contributed by atoms with Crippen LogP contribution in [0.5, 0.6) is 0 Å². The summed E-state index contributed by atoms with van der Waals surface area (Å²) < 4.78 is 0. The molecule has 0 saturated heterocycles. The average Bonchev–Trinajstić information content (AvgIpc) is 2.98. The zero-order valence-corrected chi connectivity index (χ0v) is 20.0. The molecule has 3 fully saturated rings. The molecule has 3 saturated carbocycles. The third-order valence-electron chi connectivity index (χ3n) is 8.50. The van der Waals surface area contributed by atoms with E-state index in [1.165, 1.54) is 19.3 Å². The van der Waals surface area contributed by atoms with Crippen LogP contribution in [0.25, 0.3) is 0 Å². The van der Waals surface area contributed by atoms with Gasteiger partial charge in [-0.15, -0.1) is 0 Å². The highest BCUT2D eigenvalue weighted by molar-refractivity contribution is 5.89. The zero-order chi connectivity index (χ0) is 23.2. The second kappa shape index (κ2) is 8.25. The van der Waals surface area contributed by atoms with Crippen molar-refractivity contribution in [1.82, 2.24) is 10.6 Å². The van der Waals surface area contributed by atoms with Gasteiger partial charge >= 0.3 is 0 Å². The van der Waals surface area contributed by atoms with Crippen LogP contribution in [0.1, 0.15) is 80.1 Å². The molecular weight excluding hydrogens is 392 g/mol. The van der Waals surface area contributed by atoms with Gasteiger partial charge in [0.25, 0.3) is 5.97 Å². The molecule has 0 bridgehead atoms. The molecule has 2 amide bonds. The van der Waals surface area contributed by atoms with Crippen molar-refractivity contribution in [3.63, 3.8) is 0 Å². The SMILES string of the molecule is CC(=O)O.CC(C)(C)NC(=O)[C@H]1CC[C@H]2[C@@H]3CC[C@H]4NC(=O)C=C[C@]4(C)[C@H]3CC[C@]12C. The number of hydrogen-bond donors (Lipinski definition) is 3. The Labute approximate surface area is 186 Å². The van der Waals surface area contributed by atoms with E-state index in [0.29, 0.717) is 17.8 Å². The Morgan fingerprint density at radius 2 is 1.74 bits per heavy atom. The van der Waals surface area contributed by atoms with Gasteiger partial charge in [-0.1, -0.05) is 19.9 Å².